The Morgan fingerprint density at radius 3 is 2.69 bits per heavy atom. The van der Waals surface area contributed by atoms with E-state index in [0.717, 1.165) is 17.5 Å². The predicted octanol–water partition coefficient (Wildman–Crippen LogP) is 4.81. The highest BCUT2D eigenvalue weighted by Crippen LogP contribution is 2.32. The molecule has 0 radical (unpaired) electrons. The zero-order valence-corrected chi connectivity index (χ0v) is 20.4. The van der Waals surface area contributed by atoms with Crippen LogP contribution in [0.25, 0.3) is 22.1 Å². The molecule has 2 atom stereocenters. The molecule has 3 aromatic rings. The summed E-state index contributed by atoms with van der Waals surface area (Å²) in [6, 6.07) is 17.2. The van der Waals surface area contributed by atoms with Gasteiger partial charge in [-0.15, -0.1) is 0 Å². The standard InChI is InChI=1S/C29H34N2O4/c1-34-18-17-31(20-24-8-6-16-30-15-5-4-9-26(24)30)28(32)22-13-11-21(12-14-22)25-19-23-7-2-3-10-27(23)35-29(25)33/h2-3,7,10-14,19,24,26H,4-6,8-9,15-18,20H2,1H3/t24-,26+/m0/s1. The fourth-order valence-electron chi connectivity index (χ4n) is 5.79. The molecule has 0 spiro atoms. The lowest BCUT2D eigenvalue weighted by Crippen LogP contribution is -2.52. The lowest BCUT2D eigenvalue weighted by Gasteiger charge is -2.45. The highest BCUT2D eigenvalue weighted by molar-refractivity contribution is 5.95. The molecule has 0 aliphatic carbocycles. The van der Waals surface area contributed by atoms with Gasteiger partial charge in [-0.05, 0) is 74.5 Å². The molecular formula is C29H34N2O4. The molecule has 0 bridgehead atoms. The van der Waals surface area contributed by atoms with E-state index in [2.05, 4.69) is 4.90 Å². The average molecular weight is 475 g/mol. The molecule has 184 valence electrons. The number of rotatable bonds is 7. The minimum absolute atomic E-state index is 0.0204. The molecule has 6 nitrogen and oxygen atoms in total. The van der Waals surface area contributed by atoms with Gasteiger partial charge in [0, 0.05) is 37.2 Å². The largest absolute Gasteiger partial charge is 0.422 e. The van der Waals surface area contributed by atoms with E-state index in [1.54, 1.807) is 13.2 Å². The summed E-state index contributed by atoms with van der Waals surface area (Å²) in [5, 5.41) is 0.872. The zero-order chi connectivity index (χ0) is 24.2. The molecule has 2 fully saturated rings. The number of benzene rings is 2. The minimum Gasteiger partial charge on any atom is -0.422 e. The van der Waals surface area contributed by atoms with Crippen molar-refractivity contribution in [3.8, 4) is 11.1 Å². The molecule has 0 N–H and O–H groups in total. The number of hydrogen-bond acceptors (Lipinski definition) is 5. The number of piperidine rings is 2. The molecule has 5 rings (SSSR count). The van der Waals surface area contributed by atoms with Crippen LogP contribution in [0.2, 0.25) is 0 Å². The first-order chi connectivity index (χ1) is 17.1. The van der Waals surface area contributed by atoms with E-state index < -0.39 is 0 Å². The van der Waals surface area contributed by atoms with E-state index in [-0.39, 0.29) is 11.5 Å². The number of methoxy groups -OCH3 is 1. The number of amides is 1. The second-order valence-corrected chi connectivity index (χ2v) is 9.81. The third-order valence-electron chi connectivity index (χ3n) is 7.62. The van der Waals surface area contributed by atoms with Crippen LogP contribution < -0.4 is 5.63 Å². The average Bonchev–Trinajstić information content (AvgIpc) is 2.90. The van der Waals surface area contributed by atoms with Gasteiger partial charge < -0.3 is 19.0 Å². The van der Waals surface area contributed by atoms with Crippen LogP contribution in [0.1, 0.15) is 42.5 Å². The highest BCUT2D eigenvalue weighted by Gasteiger charge is 2.34. The Morgan fingerprint density at radius 2 is 1.86 bits per heavy atom. The fourth-order valence-corrected chi connectivity index (χ4v) is 5.79. The monoisotopic (exact) mass is 474 g/mol. The van der Waals surface area contributed by atoms with E-state index in [1.807, 2.05) is 53.4 Å². The lowest BCUT2D eigenvalue weighted by molar-refractivity contribution is 0.0315. The summed E-state index contributed by atoms with van der Waals surface area (Å²) in [6.07, 6.45) is 6.19. The molecule has 2 saturated heterocycles. The Labute approximate surface area is 206 Å². The molecule has 6 heteroatoms. The summed E-state index contributed by atoms with van der Waals surface area (Å²) in [4.78, 5) is 30.7. The topological polar surface area (TPSA) is 63.0 Å². The van der Waals surface area contributed by atoms with Crippen LogP contribution in [0.3, 0.4) is 0 Å². The summed E-state index contributed by atoms with van der Waals surface area (Å²) in [5.74, 6) is 0.526. The molecule has 0 saturated carbocycles. The van der Waals surface area contributed by atoms with Crippen molar-refractivity contribution in [2.75, 3.05) is 39.9 Å². The van der Waals surface area contributed by atoms with Crippen molar-refractivity contribution in [2.45, 2.75) is 38.1 Å². The summed E-state index contributed by atoms with van der Waals surface area (Å²) in [7, 11) is 1.68. The third-order valence-corrected chi connectivity index (χ3v) is 7.62. The first kappa shape index (κ1) is 23.8. The number of nitrogens with zero attached hydrogens (tertiary/aromatic N) is 2. The smallest absolute Gasteiger partial charge is 0.344 e. The predicted molar refractivity (Wildman–Crippen MR) is 138 cm³/mol. The molecule has 0 unspecified atom stereocenters. The summed E-state index contributed by atoms with van der Waals surface area (Å²) >= 11 is 0. The quantitative estimate of drug-likeness (QED) is 0.460. The van der Waals surface area contributed by atoms with Gasteiger partial charge in [-0.2, -0.15) is 0 Å². The summed E-state index contributed by atoms with van der Waals surface area (Å²) in [5.41, 5.74) is 2.07. The van der Waals surface area contributed by atoms with Gasteiger partial charge in [-0.3, -0.25) is 4.79 Å². The van der Waals surface area contributed by atoms with E-state index in [4.69, 9.17) is 9.15 Å². The second kappa shape index (κ2) is 10.8. The van der Waals surface area contributed by atoms with Crippen molar-refractivity contribution in [1.29, 1.82) is 0 Å². The van der Waals surface area contributed by atoms with Gasteiger partial charge in [-0.25, -0.2) is 4.79 Å². The number of hydrogen-bond donors (Lipinski definition) is 0. The van der Waals surface area contributed by atoms with Gasteiger partial charge in [0.1, 0.15) is 5.58 Å². The Balaban J connectivity index is 1.35. The number of para-hydroxylation sites is 1. The number of carbonyl (C=O) groups is 1. The number of ether oxygens (including phenoxy) is 1. The maximum Gasteiger partial charge on any atom is 0.344 e. The molecule has 1 aromatic heterocycles. The molecule has 2 aliphatic rings. The van der Waals surface area contributed by atoms with Crippen LogP contribution in [0.4, 0.5) is 0 Å². The van der Waals surface area contributed by atoms with E-state index >= 15 is 0 Å². The van der Waals surface area contributed by atoms with E-state index in [1.165, 1.54) is 45.2 Å². The second-order valence-electron chi connectivity index (χ2n) is 9.81. The maximum absolute atomic E-state index is 13.6. The number of carbonyl (C=O) groups excluding carboxylic acids is 1. The Kier molecular flexibility index (Phi) is 7.30. The number of fused-ring (bicyclic) bond motifs is 2. The highest BCUT2D eigenvalue weighted by atomic mass is 16.5. The summed E-state index contributed by atoms with van der Waals surface area (Å²) < 4.78 is 10.8. The van der Waals surface area contributed by atoms with Gasteiger partial charge in [0.2, 0.25) is 0 Å². The van der Waals surface area contributed by atoms with Crippen LogP contribution in [-0.4, -0.2) is 61.6 Å². The van der Waals surface area contributed by atoms with Crippen molar-refractivity contribution in [3.05, 3.63) is 70.6 Å². The molecular weight excluding hydrogens is 440 g/mol. The normalized spacial score (nSPS) is 20.5. The van der Waals surface area contributed by atoms with Gasteiger partial charge in [0.15, 0.2) is 0 Å². The SMILES string of the molecule is COCCN(C[C@@H]1CCCN2CCCC[C@H]12)C(=O)c1ccc(-c2cc3ccccc3oc2=O)cc1. The molecule has 1 amide bonds. The van der Waals surface area contributed by atoms with Crippen molar-refractivity contribution in [1.82, 2.24) is 9.80 Å². The Hall–Kier alpha value is -2.96. The van der Waals surface area contributed by atoms with E-state index in [0.29, 0.717) is 41.8 Å². The van der Waals surface area contributed by atoms with Gasteiger partial charge in [0.25, 0.3) is 5.91 Å². The van der Waals surface area contributed by atoms with Crippen LogP contribution in [0, 0.1) is 5.92 Å². The Bertz CT molecular complexity index is 1220. The Morgan fingerprint density at radius 1 is 1.06 bits per heavy atom. The first-order valence-corrected chi connectivity index (χ1v) is 12.8. The van der Waals surface area contributed by atoms with Crippen LogP contribution in [-0.2, 0) is 4.74 Å². The zero-order valence-electron chi connectivity index (χ0n) is 20.4. The summed E-state index contributed by atoms with van der Waals surface area (Å²) in [6.45, 7) is 4.24. The lowest BCUT2D eigenvalue weighted by atomic mass is 9.83. The van der Waals surface area contributed by atoms with Crippen LogP contribution in [0.15, 0.2) is 63.8 Å². The van der Waals surface area contributed by atoms with Gasteiger partial charge >= 0.3 is 5.63 Å². The minimum atomic E-state index is -0.376. The van der Waals surface area contributed by atoms with Crippen LogP contribution in [0.5, 0.6) is 0 Å². The molecule has 2 aliphatic heterocycles. The molecule has 35 heavy (non-hydrogen) atoms. The van der Waals surface area contributed by atoms with Crippen molar-refractivity contribution in [2.24, 2.45) is 5.92 Å². The third kappa shape index (κ3) is 5.19. The van der Waals surface area contributed by atoms with Gasteiger partial charge in [0.05, 0.1) is 12.2 Å². The molecule has 3 heterocycles. The van der Waals surface area contributed by atoms with Crippen LogP contribution >= 0.6 is 0 Å². The van der Waals surface area contributed by atoms with Crippen molar-refractivity contribution in [3.63, 3.8) is 0 Å². The first-order valence-electron chi connectivity index (χ1n) is 12.8. The molecule has 2 aromatic carbocycles. The fraction of sp³-hybridized carbons (Fsp3) is 0.448. The van der Waals surface area contributed by atoms with Crippen molar-refractivity contribution < 1.29 is 13.9 Å². The van der Waals surface area contributed by atoms with E-state index in [9.17, 15) is 9.59 Å². The maximum atomic E-state index is 13.6. The van der Waals surface area contributed by atoms with Crippen molar-refractivity contribution >= 4 is 16.9 Å². The van der Waals surface area contributed by atoms with Gasteiger partial charge in [-0.1, -0.05) is 36.8 Å².